The van der Waals surface area contributed by atoms with Crippen LogP contribution in [-0.2, 0) is 6.42 Å². The first-order chi connectivity index (χ1) is 8.11. The quantitative estimate of drug-likeness (QED) is 0.825. The van der Waals surface area contributed by atoms with E-state index in [9.17, 15) is 0 Å². The summed E-state index contributed by atoms with van der Waals surface area (Å²) in [6.45, 7) is 6.09. The zero-order valence-electron chi connectivity index (χ0n) is 10.4. The van der Waals surface area contributed by atoms with Gasteiger partial charge < -0.3 is 10.3 Å². The fraction of sp³-hybridized carbons (Fsp3) is 0.385. The van der Waals surface area contributed by atoms with Gasteiger partial charge >= 0.3 is 0 Å². The number of nitrogens with zero attached hydrogens (tertiary/aromatic N) is 2. The zero-order valence-corrected chi connectivity index (χ0v) is 10.4. The van der Waals surface area contributed by atoms with Gasteiger partial charge in [0.05, 0.1) is 5.56 Å². The highest BCUT2D eigenvalue weighted by Crippen LogP contribution is 2.28. The molecule has 0 atom stereocenters. The molecule has 2 aromatic rings. The first-order valence-corrected chi connectivity index (χ1v) is 5.81. The van der Waals surface area contributed by atoms with Crippen LogP contribution in [0.2, 0.25) is 0 Å². The van der Waals surface area contributed by atoms with Crippen molar-refractivity contribution in [3.8, 4) is 11.5 Å². The Bertz CT molecular complexity index is 531. The summed E-state index contributed by atoms with van der Waals surface area (Å²) in [5.74, 6) is 1.25. The minimum Gasteiger partial charge on any atom is -0.398 e. The normalized spacial score (nSPS) is 10.8. The molecule has 0 saturated heterocycles. The van der Waals surface area contributed by atoms with Gasteiger partial charge in [-0.2, -0.15) is 4.98 Å². The van der Waals surface area contributed by atoms with Crippen molar-refractivity contribution >= 4 is 5.69 Å². The predicted molar refractivity (Wildman–Crippen MR) is 67.6 cm³/mol. The Kier molecular flexibility index (Phi) is 3.13. The lowest BCUT2D eigenvalue weighted by Crippen LogP contribution is -1.95. The number of hydrogen-bond donors (Lipinski definition) is 1. The second kappa shape index (κ2) is 4.57. The molecule has 1 heterocycles. The van der Waals surface area contributed by atoms with Gasteiger partial charge in [0, 0.05) is 12.1 Å². The van der Waals surface area contributed by atoms with Gasteiger partial charge in [-0.05, 0) is 37.5 Å². The SMILES string of the molecule is CCCc1noc(-c2cc(C)cc(C)c2N)n1. The zero-order chi connectivity index (χ0) is 12.4. The molecule has 2 rings (SSSR count). The third-order valence-corrected chi connectivity index (χ3v) is 2.70. The van der Waals surface area contributed by atoms with Crippen molar-refractivity contribution in [3.63, 3.8) is 0 Å². The Morgan fingerprint density at radius 1 is 1.29 bits per heavy atom. The summed E-state index contributed by atoms with van der Waals surface area (Å²) >= 11 is 0. The number of rotatable bonds is 3. The number of aryl methyl sites for hydroxylation is 3. The van der Waals surface area contributed by atoms with E-state index in [-0.39, 0.29) is 0 Å². The Balaban J connectivity index is 2.44. The van der Waals surface area contributed by atoms with E-state index in [0.717, 1.165) is 35.4 Å². The number of benzene rings is 1. The molecule has 4 heteroatoms. The van der Waals surface area contributed by atoms with Gasteiger partial charge in [-0.25, -0.2) is 0 Å². The molecule has 1 aromatic heterocycles. The van der Waals surface area contributed by atoms with Crippen molar-refractivity contribution in [3.05, 3.63) is 29.1 Å². The van der Waals surface area contributed by atoms with Crippen LogP contribution < -0.4 is 5.73 Å². The molecule has 0 aliphatic heterocycles. The van der Waals surface area contributed by atoms with Crippen LogP contribution in [0.3, 0.4) is 0 Å². The van der Waals surface area contributed by atoms with Crippen LogP contribution in [0, 0.1) is 13.8 Å². The maximum atomic E-state index is 6.04. The topological polar surface area (TPSA) is 64.9 Å². The summed E-state index contributed by atoms with van der Waals surface area (Å²) in [6.07, 6.45) is 1.83. The lowest BCUT2D eigenvalue weighted by molar-refractivity contribution is 0.422. The molecular weight excluding hydrogens is 214 g/mol. The Labute approximate surface area is 101 Å². The number of nitrogen functional groups attached to an aromatic ring is 1. The van der Waals surface area contributed by atoms with E-state index >= 15 is 0 Å². The fourth-order valence-corrected chi connectivity index (χ4v) is 1.84. The highest BCUT2D eigenvalue weighted by Gasteiger charge is 2.13. The minimum absolute atomic E-state index is 0.512. The molecule has 90 valence electrons. The first kappa shape index (κ1) is 11.6. The maximum absolute atomic E-state index is 6.04. The lowest BCUT2D eigenvalue weighted by Gasteiger charge is -2.06. The highest BCUT2D eigenvalue weighted by molar-refractivity contribution is 5.74. The van der Waals surface area contributed by atoms with Crippen LogP contribution in [0.25, 0.3) is 11.5 Å². The smallest absolute Gasteiger partial charge is 0.260 e. The van der Waals surface area contributed by atoms with Gasteiger partial charge in [0.1, 0.15) is 0 Å². The number of anilines is 1. The van der Waals surface area contributed by atoms with Crippen molar-refractivity contribution in [2.45, 2.75) is 33.6 Å². The van der Waals surface area contributed by atoms with Gasteiger partial charge in [0.2, 0.25) is 0 Å². The summed E-state index contributed by atoms with van der Waals surface area (Å²) in [6, 6.07) is 4.02. The van der Waals surface area contributed by atoms with Crippen molar-refractivity contribution in [2.75, 3.05) is 5.73 Å². The molecule has 2 N–H and O–H groups in total. The van der Waals surface area contributed by atoms with Crippen molar-refractivity contribution in [1.29, 1.82) is 0 Å². The van der Waals surface area contributed by atoms with E-state index in [1.807, 2.05) is 26.0 Å². The third-order valence-electron chi connectivity index (χ3n) is 2.70. The molecule has 0 amide bonds. The average molecular weight is 231 g/mol. The van der Waals surface area contributed by atoms with Gasteiger partial charge in [0.25, 0.3) is 5.89 Å². The van der Waals surface area contributed by atoms with Gasteiger partial charge in [0.15, 0.2) is 5.82 Å². The van der Waals surface area contributed by atoms with Crippen LogP contribution in [0.4, 0.5) is 5.69 Å². The molecule has 0 aliphatic carbocycles. The summed E-state index contributed by atoms with van der Waals surface area (Å²) in [5.41, 5.74) is 9.76. The Morgan fingerprint density at radius 3 is 2.76 bits per heavy atom. The van der Waals surface area contributed by atoms with Gasteiger partial charge in [-0.15, -0.1) is 0 Å². The second-order valence-electron chi connectivity index (χ2n) is 4.31. The van der Waals surface area contributed by atoms with Crippen molar-refractivity contribution in [1.82, 2.24) is 10.1 Å². The number of aromatic nitrogens is 2. The van der Waals surface area contributed by atoms with Crippen LogP contribution in [0.5, 0.6) is 0 Å². The summed E-state index contributed by atoms with van der Waals surface area (Å²) < 4.78 is 5.25. The fourth-order valence-electron chi connectivity index (χ4n) is 1.84. The number of nitrogens with two attached hydrogens (primary N) is 1. The molecule has 0 radical (unpaired) electrons. The molecule has 0 fully saturated rings. The molecule has 0 unspecified atom stereocenters. The molecule has 0 saturated carbocycles. The van der Waals surface area contributed by atoms with E-state index in [2.05, 4.69) is 17.1 Å². The van der Waals surface area contributed by atoms with Gasteiger partial charge in [-0.3, -0.25) is 0 Å². The van der Waals surface area contributed by atoms with Crippen LogP contribution >= 0.6 is 0 Å². The standard InChI is InChI=1S/C13H17N3O/c1-4-5-11-15-13(17-16-11)10-7-8(2)6-9(3)12(10)14/h6-7H,4-5,14H2,1-3H3. The maximum Gasteiger partial charge on any atom is 0.260 e. The molecule has 0 spiro atoms. The van der Waals surface area contributed by atoms with Crippen LogP contribution in [0.15, 0.2) is 16.7 Å². The molecule has 17 heavy (non-hydrogen) atoms. The Morgan fingerprint density at radius 2 is 2.06 bits per heavy atom. The lowest BCUT2D eigenvalue weighted by atomic mass is 10.0. The van der Waals surface area contributed by atoms with Crippen LogP contribution in [-0.4, -0.2) is 10.1 Å². The van der Waals surface area contributed by atoms with Crippen molar-refractivity contribution < 1.29 is 4.52 Å². The summed E-state index contributed by atoms with van der Waals surface area (Å²) in [5, 5.41) is 3.94. The summed E-state index contributed by atoms with van der Waals surface area (Å²) in [4.78, 5) is 4.36. The third kappa shape index (κ3) is 2.30. The molecular formula is C13H17N3O. The van der Waals surface area contributed by atoms with Gasteiger partial charge in [-0.1, -0.05) is 18.1 Å². The van der Waals surface area contributed by atoms with E-state index in [1.54, 1.807) is 0 Å². The highest BCUT2D eigenvalue weighted by atomic mass is 16.5. The van der Waals surface area contributed by atoms with Crippen molar-refractivity contribution in [2.24, 2.45) is 0 Å². The first-order valence-electron chi connectivity index (χ1n) is 5.81. The van der Waals surface area contributed by atoms with E-state index < -0.39 is 0 Å². The number of hydrogen-bond acceptors (Lipinski definition) is 4. The summed E-state index contributed by atoms with van der Waals surface area (Å²) in [7, 11) is 0. The monoisotopic (exact) mass is 231 g/mol. The molecule has 1 aromatic carbocycles. The van der Waals surface area contributed by atoms with Crippen LogP contribution in [0.1, 0.15) is 30.3 Å². The predicted octanol–water partition coefficient (Wildman–Crippen LogP) is 2.89. The minimum atomic E-state index is 0.512. The molecule has 0 aliphatic rings. The van der Waals surface area contributed by atoms with E-state index in [4.69, 9.17) is 10.3 Å². The molecule has 0 bridgehead atoms. The Hall–Kier alpha value is -1.84. The average Bonchev–Trinajstić information content (AvgIpc) is 2.72. The molecule has 4 nitrogen and oxygen atoms in total. The van der Waals surface area contributed by atoms with E-state index in [1.165, 1.54) is 0 Å². The van der Waals surface area contributed by atoms with E-state index in [0.29, 0.717) is 11.6 Å². The second-order valence-corrected chi connectivity index (χ2v) is 4.31. The largest absolute Gasteiger partial charge is 0.398 e.